The number of nitro groups is 1. The fraction of sp³-hybridized carbons (Fsp3) is 0.556. The lowest BCUT2D eigenvalue weighted by Gasteiger charge is -2.38. The molecule has 0 radical (unpaired) electrons. The van der Waals surface area contributed by atoms with E-state index < -0.39 is 16.4 Å². The Hall–Kier alpha value is -1.92. The van der Waals surface area contributed by atoms with Crippen LogP contribution in [0.2, 0.25) is 0 Å². The van der Waals surface area contributed by atoms with Gasteiger partial charge in [-0.1, -0.05) is 0 Å². The Labute approximate surface area is 91.4 Å². The summed E-state index contributed by atoms with van der Waals surface area (Å²) in [5, 5.41) is 14.7. The van der Waals surface area contributed by atoms with Gasteiger partial charge in [-0.2, -0.15) is 5.10 Å². The van der Waals surface area contributed by atoms with E-state index in [9.17, 15) is 14.9 Å². The lowest BCUT2D eigenvalue weighted by molar-refractivity contribution is -0.385. The molecule has 7 heteroatoms. The summed E-state index contributed by atoms with van der Waals surface area (Å²) in [6, 6.07) is 0. The van der Waals surface area contributed by atoms with Gasteiger partial charge in [0.2, 0.25) is 5.91 Å². The monoisotopic (exact) mass is 224 g/mol. The van der Waals surface area contributed by atoms with Crippen molar-refractivity contribution in [2.45, 2.75) is 31.7 Å². The van der Waals surface area contributed by atoms with E-state index in [0.717, 1.165) is 6.42 Å². The van der Waals surface area contributed by atoms with Crippen LogP contribution in [0.3, 0.4) is 0 Å². The zero-order valence-corrected chi connectivity index (χ0v) is 8.84. The van der Waals surface area contributed by atoms with Crippen LogP contribution in [0.5, 0.6) is 0 Å². The van der Waals surface area contributed by atoms with Gasteiger partial charge in [0.05, 0.1) is 4.92 Å². The van der Waals surface area contributed by atoms with Crippen LogP contribution in [0.4, 0.5) is 5.69 Å². The average Bonchev–Trinajstić information content (AvgIpc) is 2.44. The largest absolute Gasteiger partial charge is 0.368 e. The van der Waals surface area contributed by atoms with E-state index in [0.29, 0.717) is 18.5 Å². The molecule has 0 aliphatic heterocycles. The van der Waals surface area contributed by atoms with Crippen molar-refractivity contribution in [3.63, 3.8) is 0 Å². The third-order valence-electron chi connectivity index (χ3n) is 3.15. The summed E-state index contributed by atoms with van der Waals surface area (Å²) < 4.78 is 1.35. The first-order valence-electron chi connectivity index (χ1n) is 4.98. The number of hydrogen-bond donors (Lipinski definition) is 1. The third-order valence-corrected chi connectivity index (χ3v) is 3.15. The molecule has 1 saturated carbocycles. The average molecular weight is 224 g/mol. The zero-order valence-electron chi connectivity index (χ0n) is 8.84. The first kappa shape index (κ1) is 10.6. The Morgan fingerprint density at radius 2 is 2.31 bits per heavy atom. The van der Waals surface area contributed by atoms with Crippen LogP contribution in [0, 0.1) is 17.0 Å². The number of aryl methyl sites for hydroxylation is 1. The molecule has 2 rings (SSSR count). The van der Waals surface area contributed by atoms with E-state index in [1.165, 1.54) is 10.9 Å². The Morgan fingerprint density at radius 1 is 1.69 bits per heavy atom. The Morgan fingerprint density at radius 3 is 2.62 bits per heavy atom. The van der Waals surface area contributed by atoms with Gasteiger partial charge in [-0.15, -0.1) is 0 Å². The van der Waals surface area contributed by atoms with Crippen LogP contribution in [0.25, 0.3) is 0 Å². The van der Waals surface area contributed by atoms with E-state index in [1.54, 1.807) is 6.92 Å². The molecule has 86 valence electrons. The smallest absolute Gasteiger partial charge is 0.309 e. The van der Waals surface area contributed by atoms with E-state index in [1.807, 2.05) is 0 Å². The fourth-order valence-electron chi connectivity index (χ4n) is 1.95. The molecular formula is C9H12N4O3. The van der Waals surface area contributed by atoms with E-state index in [2.05, 4.69) is 5.10 Å². The van der Waals surface area contributed by atoms with Crippen LogP contribution in [0.1, 0.15) is 25.0 Å². The van der Waals surface area contributed by atoms with E-state index >= 15 is 0 Å². The van der Waals surface area contributed by atoms with Crippen LogP contribution in [0.15, 0.2) is 6.20 Å². The Bertz CT molecular complexity index is 461. The molecule has 2 N–H and O–H groups in total. The van der Waals surface area contributed by atoms with Crippen LogP contribution < -0.4 is 5.73 Å². The number of rotatable bonds is 3. The molecule has 0 atom stereocenters. The van der Waals surface area contributed by atoms with Gasteiger partial charge < -0.3 is 5.73 Å². The molecule has 1 aliphatic rings. The molecule has 1 amide bonds. The first-order chi connectivity index (χ1) is 7.47. The fourth-order valence-corrected chi connectivity index (χ4v) is 1.95. The lowest BCUT2D eigenvalue weighted by atomic mass is 9.76. The normalized spacial score (nSPS) is 17.8. The molecule has 0 saturated heterocycles. The van der Waals surface area contributed by atoms with Gasteiger partial charge in [0, 0.05) is 0 Å². The quantitative estimate of drug-likeness (QED) is 0.594. The van der Waals surface area contributed by atoms with Gasteiger partial charge in [0.25, 0.3) is 0 Å². The maximum Gasteiger partial charge on any atom is 0.309 e. The number of carbonyl (C=O) groups is 1. The molecule has 7 nitrogen and oxygen atoms in total. The molecule has 1 aromatic rings. The minimum atomic E-state index is -0.848. The van der Waals surface area contributed by atoms with Crippen LogP contribution >= 0.6 is 0 Å². The van der Waals surface area contributed by atoms with Crippen molar-refractivity contribution in [2.75, 3.05) is 0 Å². The van der Waals surface area contributed by atoms with Crippen molar-refractivity contribution >= 4 is 11.6 Å². The number of nitrogens with zero attached hydrogens (tertiary/aromatic N) is 3. The lowest BCUT2D eigenvalue weighted by Crippen LogP contribution is -2.51. The topological polar surface area (TPSA) is 104 Å². The summed E-state index contributed by atoms with van der Waals surface area (Å²) in [7, 11) is 0. The number of nitrogens with two attached hydrogens (primary N) is 1. The highest BCUT2D eigenvalue weighted by molar-refractivity contribution is 5.83. The predicted octanol–water partition coefficient (Wildman–Crippen LogP) is 0.464. The van der Waals surface area contributed by atoms with E-state index in [-0.39, 0.29) is 5.69 Å². The van der Waals surface area contributed by atoms with Crippen molar-refractivity contribution in [3.8, 4) is 0 Å². The standard InChI is InChI=1S/C9H12N4O3/c1-6-7(13(15)16)5-12(11-6)9(8(10)14)3-2-4-9/h5H,2-4H2,1H3,(H2,10,14). The summed E-state index contributed by atoms with van der Waals surface area (Å²) in [5.41, 5.74) is 4.71. The number of hydrogen-bond acceptors (Lipinski definition) is 4. The summed E-state index contributed by atoms with van der Waals surface area (Å²) in [4.78, 5) is 21.6. The summed E-state index contributed by atoms with van der Waals surface area (Å²) in [6.07, 6.45) is 3.37. The molecule has 0 bridgehead atoms. The molecule has 1 heterocycles. The Kier molecular flexibility index (Phi) is 2.18. The molecule has 1 aliphatic carbocycles. The molecule has 1 aromatic heterocycles. The minimum absolute atomic E-state index is 0.0764. The summed E-state index contributed by atoms with van der Waals surface area (Å²) in [5.74, 6) is -0.476. The van der Waals surface area contributed by atoms with E-state index in [4.69, 9.17) is 5.73 Å². The molecule has 16 heavy (non-hydrogen) atoms. The van der Waals surface area contributed by atoms with Crippen molar-refractivity contribution < 1.29 is 9.72 Å². The molecule has 1 fully saturated rings. The maximum atomic E-state index is 11.4. The van der Waals surface area contributed by atoms with Crippen molar-refractivity contribution in [3.05, 3.63) is 22.0 Å². The second-order valence-corrected chi connectivity index (χ2v) is 4.05. The van der Waals surface area contributed by atoms with Gasteiger partial charge in [-0.3, -0.25) is 14.9 Å². The second-order valence-electron chi connectivity index (χ2n) is 4.05. The molecular weight excluding hydrogens is 212 g/mol. The maximum absolute atomic E-state index is 11.4. The molecule has 0 unspecified atom stereocenters. The number of aromatic nitrogens is 2. The summed E-state index contributed by atoms with van der Waals surface area (Å²) >= 11 is 0. The van der Waals surface area contributed by atoms with Gasteiger partial charge in [0.1, 0.15) is 17.4 Å². The molecule has 0 aromatic carbocycles. The van der Waals surface area contributed by atoms with Gasteiger partial charge >= 0.3 is 5.69 Å². The highest BCUT2D eigenvalue weighted by atomic mass is 16.6. The molecule has 0 spiro atoms. The van der Waals surface area contributed by atoms with Crippen molar-refractivity contribution in [1.29, 1.82) is 0 Å². The number of amides is 1. The number of carbonyl (C=O) groups excluding carboxylic acids is 1. The van der Waals surface area contributed by atoms with Gasteiger partial charge in [-0.25, -0.2) is 4.68 Å². The first-order valence-corrected chi connectivity index (χ1v) is 4.98. The summed E-state index contributed by atoms with van der Waals surface area (Å²) in [6.45, 7) is 1.54. The SMILES string of the molecule is Cc1nn(C2(C(N)=O)CCC2)cc1[N+](=O)[O-]. The minimum Gasteiger partial charge on any atom is -0.368 e. The Balaban J connectivity index is 2.44. The number of primary amides is 1. The van der Waals surface area contributed by atoms with Gasteiger partial charge in [0.15, 0.2) is 0 Å². The third kappa shape index (κ3) is 1.28. The zero-order chi connectivity index (χ0) is 11.9. The van der Waals surface area contributed by atoms with Gasteiger partial charge in [-0.05, 0) is 26.2 Å². The van der Waals surface area contributed by atoms with Crippen molar-refractivity contribution in [2.24, 2.45) is 5.73 Å². The van der Waals surface area contributed by atoms with Crippen LogP contribution in [-0.4, -0.2) is 20.6 Å². The highest BCUT2D eigenvalue weighted by Crippen LogP contribution is 2.39. The highest BCUT2D eigenvalue weighted by Gasteiger charge is 2.46. The van der Waals surface area contributed by atoms with Crippen molar-refractivity contribution in [1.82, 2.24) is 9.78 Å². The van der Waals surface area contributed by atoms with Crippen LogP contribution in [-0.2, 0) is 10.3 Å². The predicted molar refractivity (Wildman–Crippen MR) is 54.6 cm³/mol. The second kappa shape index (κ2) is 3.29.